The summed E-state index contributed by atoms with van der Waals surface area (Å²) in [7, 11) is 0. The van der Waals surface area contributed by atoms with Crippen molar-refractivity contribution in [1.82, 2.24) is 4.90 Å². The number of anilines is 1. The van der Waals surface area contributed by atoms with Crippen molar-refractivity contribution in [3.05, 3.63) is 51.9 Å². The Morgan fingerprint density at radius 2 is 1.97 bits per heavy atom. The van der Waals surface area contributed by atoms with Gasteiger partial charge in [0.2, 0.25) is 11.8 Å². The maximum Gasteiger partial charge on any atom is 0.417 e. The van der Waals surface area contributed by atoms with Gasteiger partial charge in [-0.1, -0.05) is 30.3 Å². The highest BCUT2D eigenvalue weighted by atomic mass is 32.1. The summed E-state index contributed by atoms with van der Waals surface area (Å²) in [5.74, 6) is -0.896. The molecule has 8 heteroatoms. The number of imide groups is 1. The largest absolute Gasteiger partial charge is 0.444 e. The van der Waals surface area contributed by atoms with Gasteiger partial charge in [-0.15, -0.1) is 11.3 Å². The number of likely N-dealkylation sites (tertiary alicyclic amines) is 1. The molecule has 4 rings (SSSR count). The minimum absolute atomic E-state index is 0.0218. The second-order valence-electron chi connectivity index (χ2n) is 7.37. The lowest BCUT2D eigenvalue weighted by Crippen LogP contribution is -2.45. The molecule has 0 spiro atoms. The van der Waals surface area contributed by atoms with Crippen molar-refractivity contribution in [3.8, 4) is 6.07 Å². The van der Waals surface area contributed by atoms with E-state index >= 15 is 0 Å². The molecule has 1 saturated heterocycles. The van der Waals surface area contributed by atoms with Crippen LogP contribution in [0.2, 0.25) is 0 Å². The van der Waals surface area contributed by atoms with Crippen LogP contribution in [0.25, 0.3) is 0 Å². The van der Waals surface area contributed by atoms with Crippen LogP contribution in [-0.2, 0) is 33.8 Å². The van der Waals surface area contributed by atoms with Gasteiger partial charge in [-0.3, -0.25) is 9.59 Å². The van der Waals surface area contributed by atoms with Gasteiger partial charge < -0.3 is 10.1 Å². The number of hydrogen-bond acceptors (Lipinski definition) is 6. The van der Waals surface area contributed by atoms with E-state index in [9.17, 15) is 19.6 Å². The molecule has 2 heterocycles. The lowest BCUT2D eigenvalue weighted by Gasteiger charge is -2.21. The summed E-state index contributed by atoms with van der Waals surface area (Å²) < 4.78 is 5.26. The molecule has 0 saturated carbocycles. The van der Waals surface area contributed by atoms with Crippen LogP contribution in [0.1, 0.15) is 47.3 Å². The maximum atomic E-state index is 12.9. The SMILES string of the molecule is N#Cc1c(NC(=O)[C@H]2CCC(=O)N2C(=O)OCc2ccccc2)sc2c1CCCC2. The third-order valence-electron chi connectivity index (χ3n) is 5.44. The number of ether oxygens (including phenoxy) is 1. The van der Waals surface area contributed by atoms with E-state index in [1.807, 2.05) is 30.3 Å². The predicted octanol–water partition coefficient (Wildman–Crippen LogP) is 3.76. The summed E-state index contributed by atoms with van der Waals surface area (Å²) in [6, 6.07) is 10.4. The lowest BCUT2D eigenvalue weighted by atomic mass is 9.96. The summed E-state index contributed by atoms with van der Waals surface area (Å²) in [4.78, 5) is 39.8. The van der Waals surface area contributed by atoms with Crippen LogP contribution in [0.3, 0.4) is 0 Å². The first-order chi connectivity index (χ1) is 14.6. The zero-order chi connectivity index (χ0) is 21.1. The Morgan fingerprint density at radius 1 is 1.20 bits per heavy atom. The number of nitrogens with zero attached hydrogens (tertiary/aromatic N) is 2. The molecule has 2 aliphatic rings. The highest BCUT2D eigenvalue weighted by Crippen LogP contribution is 2.38. The Labute approximate surface area is 178 Å². The van der Waals surface area contributed by atoms with Gasteiger partial charge >= 0.3 is 6.09 Å². The van der Waals surface area contributed by atoms with Crippen LogP contribution >= 0.6 is 11.3 Å². The summed E-state index contributed by atoms with van der Waals surface area (Å²) in [5, 5.41) is 12.9. The topological polar surface area (TPSA) is 99.5 Å². The first-order valence-electron chi connectivity index (χ1n) is 9.96. The fourth-order valence-corrected chi connectivity index (χ4v) is 5.16. The number of benzene rings is 1. The normalized spacial score (nSPS) is 17.9. The van der Waals surface area contributed by atoms with Crippen LogP contribution in [0, 0.1) is 11.3 Å². The lowest BCUT2D eigenvalue weighted by molar-refractivity contribution is -0.131. The second kappa shape index (κ2) is 8.67. The molecule has 1 N–H and O–H groups in total. The minimum Gasteiger partial charge on any atom is -0.444 e. The highest BCUT2D eigenvalue weighted by molar-refractivity contribution is 7.16. The molecule has 0 radical (unpaired) electrons. The molecular weight excluding hydrogens is 402 g/mol. The van der Waals surface area contributed by atoms with E-state index < -0.39 is 23.9 Å². The van der Waals surface area contributed by atoms with E-state index in [2.05, 4.69) is 11.4 Å². The van der Waals surface area contributed by atoms with Crippen molar-refractivity contribution in [1.29, 1.82) is 5.26 Å². The van der Waals surface area contributed by atoms with Gasteiger partial charge in [0.1, 0.15) is 23.7 Å². The van der Waals surface area contributed by atoms with Crippen LogP contribution in [-0.4, -0.2) is 28.8 Å². The number of nitrogens with one attached hydrogen (secondary N) is 1. The van der Waals surface area contributed by atoms with E-state index in [0.717, 1.165) is 46.6 Å². The molecule has 154 valence electrons. The van der Waals surface area contributed by atoms with E-state index in [0.29, 0.717) is 10.6 Å². The van der Waals surface area contributed by atoms with Gasteiger partial charge in [-0.05, 0) is 43.2 Å². The van der Waals surface area contributed by atoms with Gasteiger partial charge in [0, 0.05) is 11.3 Å². The smallest absolute Gasteiger partial charge is 0.417 e. The molecule has 0 bridgehead atoms. The molecule has 1 atom stereocenters. The number of thiophene rings is 1. The van der Waals surface area contributed by atoms with Gasteiger partial charge in [0.15, 0.2) is 0 Å². The van der Waals surface area contributed by atoms with Crippen molar-refractivity contribution in [2.45, 2.75) is 51.2 Å². The number of rotatable bonds is 4. The van der Waals surface area contributed by atoms with Crippen molar-refractivity contribution in [3.63, 3.8) is 0 Å². The zero-order valence-corrected chi connectivity index (χ0v) is 17.2. The Morgan fingerprint density at radius 3 is 2.73 bits per heavy atom. The van der Waals surface area contributed by atoms with Crippen molar-refractivity contribution in [2.75, 3.05) is 5.32 Å². The molecule has 3 amide bonds. The molecule has 1 fully saturated rings. The third kappa shape index (κ3) is 3.94. The second-order valence-corrected chi connectivity index (χ2v) is 8.48. The van der Waals surface area contributed by atoms with E-state index in [-0.39, 0.29) is 19.4 Å². The maximum absolute atomic E-state index is 12.9. The highest BCUT2D eigenvalue weighted by Gasteiger charge is 2.41. The average Bonchev–Trinajstić information content (AvgIpc) is 3.32. The Kier molecular flexibility index (Phi) is 5.81. The number of fused-ring (bicyclic) bond motifs is 1. The van der Waals surface area contributed by atoms with Gasteiger partial charge in [0.05, 0.1) is 5.56 Å². The van der Waals surface area contributed by atoms with Crippen LogP contribution in [0.5, 0.6) is 0 Å². The first-order valence-corrected chi connectivity index (χ1v) is 10.8. The van der Waals surface area contributed by atoms with E-state index in [4.69, 9.17) is 4.74 Å². The van der Waals surface area contributed by atoms with Crippen molar-refractivity contribution >= 4 is 34.2 Å². The molecular formula is C22H21N3O4S. The molecule has 30 heavy (non-hydrogen) atoms. The zero-order valence-electron chi connectivity index (χ0n) is 16.3. The van der Waals surface area contributed by atoms with Crippen molar-refractivity contribution < 1.29 is 19.1 Å². The quantitative estimate of drug-likeness (QED) is 0.807. The predicted molar refractivity (Wildman–Crippen MR) is 111 cm³/mol. The third-order valence-corrected chi connectivity index (χ3v) is 6.64. The molecule has 0 unspecified atom stereocenters. The number of carbonyl (C=O) groups is 3. The minimum atomic E-state index is -0.938. The Bertz CT molecular complexity index is 1020. The summed E-state index contributed by atoms with van der Waals surface area (Å²) >= 11 is 1.42. The molecule has 1 aliphatic heterocycles. The number of aryl methyl sites for hydroxylation is 1. The number of carbonyl (C=O) groups excluding carboxylic acids is 3. The van der Waals surface area contributed by atoms with Crippen LogP contribution in [0.4, 0.5) is 9.80 Å². The summed E-state index contributed by atoms with van der Waals surface area (Å²) in [5.41, 5.74) is 2.32. The van der Waals surface area contributed by atoms with Gasteiger partial charge in [-0.2, -0.15) is 5.26 Å². The summed E-state index contributed by atoms with van der Waals surface area (Å²) in [6.07, 6.45) is 3.36. The van der Waals surface area contributed by atoms with Crippen molar-refractivity contribution in [2.24, 2.45) is 0 Å². The molecule has 1 aliphatic carbocycles. The number of amides is 3. The standard InChI is InChI=1S/C22H21N3O4S/c23-12-16-15-8-4-5-9-18(15)30-21(16)24-20(27)17-10-11-19(26)25(17)22(28)29-13-14-6-2-1-3-7-14/h1-3,6-7,17H,4-5,8-11,13H2,(H,24,27)/t17-/m1/s1. The van der Waals surface area contributed by atoms with Crippen LogP contribution in [0.15, 0.2) is 30.3 Å². The first kappa shape index (κ1) is 20.1. The molecule has 7 nitrogen and oxygen atoms in total. The average molecular weight is 423 g/mol. The Hall–Kier alpha value is -3.18. The van der Waals surface area contributed by atoms with Crippen LogP contribution < -0.4 is 5.32 Å². The molecule has 1 aromatic carbocycles. The Balaban J connectivity index is 1.47. The van der Waals surface area contributed by atoms with Gasteiger partial charge in [-0.25, -0.2) is 9.69 Å². The van der Waals surface area contributed by atoms with E-state index in [1.54, 1.807) is 0 Å². The van der Waals surface area contributed by atoms with E-state index in [1.165, 1.54) is 11.3 Å². The molecule has 1 aromatic heterocycles. The fraction of sp³-hybridized carbons (Fsp3) is 0.364. The number of nitriles is 1. The number of hydrogen-bond donors (Lipinski definition) is 1. The molecule has 2 aromatic rings. The monoisotopic (exact) mass is 423 g/mol. The van der Waals surface area contributed by atoms with Gasteiger partial charge in [0.25, 0.3) is 0 Å². The fourth-order valence-electron chi connectivity index (χ4n) is 3.92. The summed E-state index contributed by atoms with van der Waals surface area (Å²) in [6.45, 7) is 0.0218.